The summed E-state index contributed by atoms with van der Waals surface area (Å²) < 4.78 is 37.7. The minimum Gasteiger partial charge on any atom is -0.473 e. The molecule has 0 bridgehead atoms. The van der Waals surface area contributed by atoms with Crippen LogP contribution in [0.2, 0.25) is 0 Å². The van der Waals surface area contributed by atoms with Gasteiger partial charge in [0.25, 0.3) is 0 Å². The molecule has 192 valence electrons. The molecule has 0 aliphatic carbocycles. The lowest BCUT2D eigenvalue weighted by Crippen LogP contribution is -2.17. The van der Waals surface area contributed by atoms with E-state index in [1.807, 2.05) is 36.6 Å². The minimum atomic E-state index is -4.31. The number of carbonyl (C=O) groups is 3. The number of hydrogen-bond donors (Lipinski definition) is 4. The number of carbonyl (C=O) groups excluding carboxylic acids is 1. The highest BCUT2D eigenvalue weighted by atomic mass is 32.1. The first-order valence-electron chi connectivity index (χ1n) is 10.6. The Hall–Kier alpha value is -3.77. The lowest BCUT2D eigenvalue weighted by molar-refractivity contribution is -0.159. The maximum atomic E-state index is 12.6. The van der Waals surface area contributed by atoms with Gasteiger partial charge in [-0.25, -0.2) is 14.6 Å². The molecule has 3 rings (SSSR count). The number of anilines is 1. The van der Waals surface area contributed by atoms with Gasteiger partial charge in [0.15, 0.2) is 0 Å². The maximum Gasteiger partial charge on any atom is 0.416 e. The number of aliphatic carboxylic acids is 2. The Bertz CT molecular complexity index is 1150. The molecule has 0 fully saturated rings. The number of carboxylic acids is 2. The second-order valence-electron chi connectivity index (χ2n) is 7.56. The van der Waals surface area contributed by atoms with Crippen LogP contribution in [0.1, 0.15) is 27.4 Å². The summed E-state index contributed by atoms with van der Waals surface area (Å²) in [6, 6.07) is 12.8. The number of nitrogens with one attached hydrogen (secondary N) is 2. The van der Waals surface area contributed by atoms with Crippen molar-refractivity contribution in [2.24, 2.45) is 0 Å². The molecule has 36 heavy (non-hydrogen) atoms. The Morgan fingerprint density at radius 2 is 1.58 bits per heavy atom. The first-order chi connectivity index (χ1) is 16.9. The molecule has 0 radical (unpaired) electrons. The van der Waals surface area contributed by atoms with Gasteiger partial charge in [0.2, 0.25) is 5.91 Å². The van der Waals surface area contributed by atoms with E-state index >= 15 is 0 Å². The van der Waals surface area contributed by atoms with Gasteiger partial charge in [-0.1, -0.05) is 29.8 Å². The number of rotatable bonds is 8. The average Bonchev–Trinajstić information content (AvgIpc) is 3.25. The van der Waals surface area contributed by atoms with Crippen molar-refractivity contribution in [2.75, 3.05) is 11.9 Å². The van der Waals surface area contributed by atoms with Gasteiger partial charge >= 0.3 is 18.1 Å². The SMILES string of the molecule is Cc1ccc(NC(=O)Cc2nc(CNCCc3ccc(C(F)(F)F)cc3)cs2)cc1.O=C(O)C(=O)O. The van der Waals surface area contributed by atoms with Crippen LogP contribution < -0.4 is 10.6 Å². The van der Waals surface area contributed by atoms with Crippen LogP contribution in [0.15, 0.2) is 53.9 Å². The van der Waals surface area contributed by atoms with Crippen molar-refractivity contribution in [3.8, 4) is 0 Å². The molecule has 2 aromatic carbocycles. The number of benzene rings is 2. The van der Waals surface area contributed by atoms with Gasteiger partial charge in [0.05, 0.1) is 17.7 Å². The zero-order valence-electron chi connectivity index (χ0n) is 19.1. The third-order valence-electron chi connectivity index (χ3n) is 4.61. The van der Waals surface area contributed by atoms with E-state index < -0.39 is 23.7 Å². The number of halogens is 3. The fourth-order valence-corrected chi connectivity index (χ4v) is 3.59. The largest absolute Gasteiger partial charge is 0.473 e. The van der Waals surface area contributed by atoms with E-state index in [1.165, 1.54) is 23.5 Å². The molecule has 0 aliphatic rings. The molecule has 0 saturated heterocycles. The monoisotopic (exact) mass is 523 g/mol. The van der Waals surface area contributed by atoms with Crippen molar-refractivity contribution in [2.45, 2.75) is 32.5 Å². The highest BCUT2D eigenvalue weighted by Gasteiger charge is 2.29. The van der Waals surface area contributed by atoms with Gasteiger partial charge in [-0.05, 0) is 49.7 Å². The van der Waals surface area contributed by atoms with E-state index in [-0.39, 0.29) is 12.3 Å². The number of aryl methyl sites for hydroxylation is 1. The summed E-state index contributed by atoms with van der Waals surface area (Å²) in [6.45, 7) is 3.14. The number of aromatic nitrogens is 1. The molecule has 4 N–H and O–H groups in total. The molecule has 0 spiro atoms. The third kappa shape index (κ3) is 10.2. The van der Waals surface area contributed by atoms with Crippen LogP contribution in [0.25, 0.3) is 0 Å². The maximum absolute atomic E-state index is 12.6. The molecule has 1 heterocycles. The molecular weight excluding hydrogens is 499 g/mol. The number of alkyl halides is 3. The molecular formula is C24H24F3N3O5S. The normalized spacial score (nSPS) is 10.8. The van der Waals surface area contributed by atoms with Crippen LogP contribution in [-0.4, -0.2) is 39.6 Å². The quantitative estimate of drug-likeness (QED) is 0.258. The highest BCUT2D eigenvalue weighted by molar-refractivity contribution is 7.09. The van der Waals surface area contributed by atoms with Crippen molar-refractivity contribution < 1.29 is 37.8 Å². The van der Waals surface area contributed by atoms with E-state index in [4.69, 9.17) is 19.8 Å². The molecule has 12 heteroatoms. The van der Waals surface area contributed by atoms with Crippen LogP contribution in [-0.2, 0) is 39.9 Å². The second-order valence-corrected chi connectivity index (χ2v) is 8.50. The summed E-state index contributed by atoms with van der Waals surface area (Å²) in [5.41, 5.74) is 2.92. The third-order valence-corrected chi connectivity index (χ3v) is 5.50. The smallest absolute Gasteiger partial charge is 0.416 e. The predicted octanol–water partition coefficient (Wildman–Crippen LogP) is 4.14. The van der Waals surface area contributed by atoms with Crippen LogP contribution in [0.4, 0.5) is 18.9 Å². The van der Waals surface area contributed by atoms with Crippen LogP contribution >= 0.6 is 11.3 Å². The summed E-state index contributed by atoms with van der Waals surface area (Å²) in [5.74, 6) is -3.76. The van der Waals surface area contributed by atoms with Crippen molar-refractivity contribution in [3.05, 3.63) is 81.3 Å². The molecule has 0 atom stereocenters. The van der Waals surface area contributed by atoms with Crippen LogP contribution in [0.5, 0.6) is 0 Å². The summed E-state index contributed by atoms with van der Waals surface area (Å²) in [6.07, 6.45) is -3.48. The minimum absolute atomic E-state index is 0.116. The van der Waals surface area contributed by atoms with Gasteiger partial charge in [-0.2, -0.15) is 13.2 Å². The van der Waals surface area contributed by atoms with E-state index in [0.717, 1.165) is 39.6 Å². The van der Waals surface area contributed by atoms with Crippen molar-refractivity contribution in [3.63, 3.8) is 0 Å². The van der Waals surface area contributed by atoms with E-state index in [1.54, 1.807) is 0 Å². The predicted molar refractivity (Wildman–Crippen MR) is 128 cm³/mol. The molecule has 0 saturated carbocycles. The Kier molecular flexibility index (Phi) is 10.6. The molecule has 3 aromatic rings. The van der Waals surface area contributed by atoms with Gasteiger partial charge in [-0.15, -0.1) is 11.3 Å². The number of carboxylic acid groups (broad SMARTS) is 2. The molecule has 0 aliphatic heterocycles. The van der Waals surface area contributed by atoms with E-state index in [0.29, 0.717) is 19.5 Å². The topological polar surface area (TPSA) is 129 Å². The molecule has 1 amide bonds. The number of nitrogens with zero attached hydrogens (tertiary/aromatic N) is 1. The number of amides is 1. The van der Waals surface area contributed by atoms with E-state index in [9.17, 15) is 18.0 Å². The summed E-state index contributed by atoms with van der Waals surface area (Å²) >= 11 is 1.43. The van der Waals surface area contributed by atoms with Gasteiger partial charge in [0, 0.05) is 17.6 Å². The fourth-order valence-electron chi connectivity index (χ4n) is 2.80. The van der Waals surface area contributed by atoms with Crippen molar-refractivity contribution in [1.29, 1.82) is 0 Å². The summed E-state index contributed by atoms with van der Waals surface area (Å²) in [4.78, 5) is 34.8. The Labute approximate surface area is 208 Å². The molecule has 0 unspecified atom stereocenters. The van der Waals surface area contributed by atoms with Crippen molar-refractivity contribution >= 4 is 34.9 Å². The lowest BCUT2D eigenvalue weighted by Gasteiger charge is -2.08. The highest BCUT2D eigenvalue weighted by Crippen LogP contribution is 2.29. The zero-order chi connectivity index (χ0) is 26.7. The molecule has 1 aromatic heterocycles. The first kappa shape index (κ1) is 28.5. The number of thiazole rings is 1. The average molecular weight is 524 g/mol. The van der Waals surface area contributed by atoms with Gasteiger partial charge in [0.1, 0.15) is 5.01 Å². The Morgan fingerprint density at radius 1 is 0.972 bits per heavy atom. The van der Waals surface area contributed by atoms with Crippen LogP contribution in [0, 0.1) is 6.92 Å². The fraction of sp³-hybridized carbons (Fsp3) is 0.250. The zero-order valence-corrected chi connectivity index (χ0v) is 19.9. The summed E-state index contributed by atoms with van der Waals surface area (Å²) in [5, 5.41) is 23.5. The second kappa shape index (κ2) is 13.4. The van der Waals surface area contributed by atoms with Crippen molar-refractivity contribution in [1.82, 2.24) is 10.3 Å². The van der Waals surface area contributed by atoms with E-state index in [2.05, 4.69) is 15.6 Å². The number of hydrogen-bond acceptors (Lipinski definition) is 6. The van der Waals surface area contributed by atoms with Gasteiger partial charge in [-0.3, -0.25) is 4.79 Å². The van der Waals surface area contributed by atoms with Crippen LogP contribution in [0.3, 0.4) is 0 Å². The van der Waals surface area contributed by atoms with Gasteiger partial charge < -0.3 is 20.8 Å². The summed E-state index contributed by atoms with van der Waals surface area (Å²) in [7, 11) is 0. The Balaban J connectivity index is 0.000000678. The molecule has 8 nitrogen and oxygen atoms in total. The Morgan fingerprint density at radius 3 is 2.14 bits per heavy atom. The first-order valence-corrected chi connectivity index (χ1v) is 11.4. The lowest BCUT2D eigenvalue weighted by atomic mass is 10.1. The standard InChI is InChI=1S/C22H22F3N3OS.C2H2O4/c1-15-2-8-18(9-3-15)27-20(29)12-21-28-19(14-30-21)13-26-11-10-16-4-6-17(7-5-16)22(23,24)25;3-1(4)2(5)6/h2-9,14,26H,10-13H2,1H3,(H,27,29);(H,3,4)(H,5,6).